The molecule has 0 aromatic heterocycles. The Labute approximate surface area is 205 Å². The second-order valence-electron chi connectivity index (χ2n) is 13.1. The van der Waals surface area contributed by atoms with Crippen LogP contribution >= 0.6 is 0 Å². The minimum Gasteiger partial charge on any atom is -0.462 e. The fraction of sp³-hybridized carbons (Fsp3) is 0.800. The first kappa shape index (κ1) is 24.3. The van der Waals surface area contributed by atoms with E-state index in [9.17, 15) is 9.59 Å². The summed E-state index contributed by atoms with van der Waals surface area (Å²) >= 11 is 0. The lowest BCUT2D eigenvalue weighted by Crippen LogP contribution is -2.64. The predicted octanol–water partition coefficient (Wildman–Crippen LogP) is 6.15. The first-order chi connectivity index (χ1) is 16.0. The van der Waals surface area contributed by atoms with E-state index in [4.69, 9.17) is 9.47 Å². The first-order valence-corrected chi connectivity index (χ1v) is 13.7. The maximum atomic E-state index is 13.5. The van der Waals surface area contributed by atoms with E-state index < -0.39 is 5.41 Å². The summed E-state index contributed by atoms with van der Waals surface area (Å²) in [6, 6.07) is 0. The van der Waals surface area contributed by atoms with E-state index in [2.05, 4.69) is 53.7 Å². The highest BCUT2D eigenvalue weighted by atomic mass is 16.6. The Kier molecular flexibility index (Phi) is 5.75. The Morgan fingerprint density at radius 2 is 1.91 bits per heavy atom. The van der Waals surface area contributed by atoms with Gasteiger partial charge in [0.05, 0.1) is 11.5 Å². The van der Waals surface area contributed by atoms with Crippen molar-refractivity contribution >= 4 is 11.8 Å². The van der Waals surface area contributed by atoms with Gasteiger partial charge in [-0.15, -0.1) is 0 Å². The highest BCUT2D eigenvalue weighted by molar-refractivity contribution is 5.98. The average molecular weight is 469 g/mol. The molecule has 0 unspecified atom stereocenters. The van der Waals surface area contributed by atoms with E-state index in [1.807, 2.05) is 6.08 Å². The highest BCUT2D eigenvalue weighted by Crippen LogP contribution is 2.73. The van der Waals surface area contributed by atoms with Crippen LogP contribution in [-0.4, -0.2) is 29.6 Å². The van der Waals surface area contributed by atoms with Gasteiger partial charge in [-0.1, -0.05) is 52.8 Å². The van der Waals surface area contributed by atoms with Crippen LogP contribution in [0.4, 0.5) is 0 Å². The fourth-order valence-electron chi connectivity index (χ4n) is 9.12. The molecule has 4 aliphatic carbocycles. The third-order valence-corrected chi connectivity index (χ3v) is 11.3. The second kappa shape index (κ2) is 8.05. The van der Waals surface area contributed by atoms with Crippen LogP contribution < -0.4 is 0 Å². The van der Waals surface area contributed by atoms with Crippen molar-refractivity contribution in [1.29, 1.82) is 0 Å². The lowest BCUT2D eigenvalue weighted by Gasteiger charge is -2.59. The zero-order valence-electron chi connectivity index (χ0n) is 22.2. The number of carbonyl (C=O) groups excluding carboxylic acids is 2. The summed E-state index contributed by atoms with van der Waals surface area (Å²) in [5, 5.41) is 0. The van der Waals surface area contributed by atoms with Crippen LogP contribution in [0.2, 0.25) is 0 Å². The second-order valence-corrected chi connectivity index (χ2v) is 13.1. The minimum atomic E-state index is -0.604. The number of hydrogen-bond donors (Lipinski definition) is 0. The maximum absolute atomic E-state index is 13.5. The number of ether oxygens (including phenoxy) is 2. The van der Waals surface area contributed by atoms with Crippen molar-refractivity contribution < 1.29 is 19.1 Å². The van der Waals surface area contributed by atoms with Gasteiger partial charge in [-0.05, 0) is 86.0 Å². The molecule has 1 spiro atoms. The zero-order valence-corrected chi connectivity index (χ0v) is 22.2. The molecule has 34 heavy (non-hydrogen) atoms. The fourth-order valence-corrected chi connectivity index (χ4v) is 9.12. The van der Waals surface area contributed by atoms with Crippen LogP contribution in [0.3, 0.4) is 0 Å². The molecule has 0 amide bonds. The zero-order chi connectivity index (χ0) is 24.6. The van der Waals surface area contributed by atoms with Gasteiger partial charge >= 0.3 is 5.97 Å². The van der Waals surface area contributed by atoms with E-state index >= 15 is 0 Å². The van der Waals surface area contributed by atoms with Crippen LogP contribution in [0.15, 0.2) is 24.3 Å². The molecule has 1 saturated heterocycles. The Morgan fingerprint density at radius 1 is 1.18 bits per heavy atom. The summed E-state index contributed by atoms with van der Waals surface area (Å²) < 4.78 is 12.5. The molecule has 4 heteroatoms. The first-order valence-electron chi connectivity index (χ1n) is 13.7. The summed E-state index contributed by atoms with van der Waals surface area (Å²) in [6.07, 6.45) is 13.6. The van der Waals surface area contributed by atoms with Crippen LogP contribution in [-0.2, 0) is 19.1 Å². The molecule has 188 valence electrons. The molecule has 4 nitrogen and oxygen atoms in total. The van der Waals surface area contributed by atoms with Gasteiger partial charge in [-0.2, -0.15) is 0 Å². The molecule has 4 fully saturated rings. The van der Waals surface area contributed by atoms with Gasteiger partial charge in [0.2, 0.25) is 0 Å². The van der Waals surface area contributed by atoms with Gasteiger partial charge in [0.15, 0.2) is 5.78 Å². The smallest absolute Gasteiger partial charge is 0.302 e. The Hall–Kier alpha value is -1.42. The molecule has 1 aliphatic heterocycles. The lowest BCUT2D eigenvalue weighted by atomic mass is 9.44. The molecule has 5 aliphatic rings. The van der Waals surface area contributed by atoms with Gasteiger partial charge in [0.25, 0.3) is 0 Å². The minimum absolute atomic E-state index is 0.0382. The molecular weight excluding hydrogens is 424 g/mol. The van der Waals surface area contributed by atoms with Gasteiger partial charge in [0, 0.05) is 12.8 Å². The Morgan fingerprint density at radius 3 is 2.59 bits per heavy atom. The van der Waals surface area contributed by atoms with Crippen LogP contribution in [0.25, 0.3) is 0 Å². The SMILES string of the molecule is CC(=O)O[C@@H]1C[C@]2(C)[C@@H]([C@H](C)/C=C/[C@H](C)C(C)C)CC[C@H]2[C@@H]2C[C@H]3O[C@]34CC=CC(=O)[C@]4(C)[C@H]21. The van der Waals surface area contributed by atoms with Crippen LogP contribution in [0.1, 0.15) is 80.6 Å². The van der Waals surface area contributed by atoms with Crippen LogP contribution in [0, 0.1) is 52.3 Å². The summed E-state index contributed by atoms with van der Waals surface area (Å²) in [5.41, 5.74) is -0.884. The normalized spacial score (nSPS) is 48.6. The lowest BCUT2D eigenvalue weighted by molar-refractivity contribution is -0.186. The van der Waals surface area contributed by atoms with E-state index in [1.54, 1.807) is 6.08 Å². The van der Waals surface area contributed by atoms with Crippen molar-refractivity contribution in [3.63, 3.8) is 0 Å². The number of carbonyl (C=O) groups is 2. The summed E-state index contributed by atoms with van der Waals surface area (Å²) in [7, 11) is 0. The van der Waals surface area contributed by atoms with Gasteiger partial charge in [-0.3, -0.25) is 9.59 Å². The maximum Gasteiger partial charge on any atom is 0.302 e. The van der Waals surface area contributed by atoms with Crippen molar-refractivity contribution in [3.05, 3.63) is 24.3 Å². The third-order valence-electron chi connectivity index (χ3n) is 11.3. The monoisotopic (exact) mass is 468 g/mol. The number of allylic oxidation sites excluding steroid dienone is 3. The van der Waals surface area contributed by atoms with Crippen molar-refractivity contribution in [2.45, 2.75) is 98.4 Å². The van der Waals surface area contributed by atoms with Crippen molar-refractivity contribution in [3.8, 4) is 0 Å². The van der Waals surface area contributed by atoms with E-state index in [-0.39, 0.29) is 40.9 Å². The molecule has 0 bridgehead atoms. The Balaban J connectivity index is 1.50. The standard InChI is InChI=1S/C30H44O4/c1-17(2)18(3)10-11-19(4)22-12-13-23-21-15-26-30(34-26)14-8-9-25(32)29(30,7)27(21)24(33-20(5)31)16-28(22,23)6/h8-11,17-19,21-24,26-27H,12-16H2,1-7H3/b11-10+/t18-,19+,21-,22+,23-,24+,26+,27+,28+,29+,30+/m0/s1. The van der Waals surface area contributed by atoms with Crippen LogP contribution in [0.5, 0.6) is 0 Å². The third kappa shape index (κ3) is 3.26. The van der Waals surface area contributed by atoms with Crippen molar-refractivity contribution in [2.75, 3.05) is 0 Å². The van der Waals surface area contributed by atoms with Gasteiger partial charge in [-0.25, -0.2) is 0 Å². The molecular formula is C30H44O4. The topological polar surface area (TPSA) is 55.9 Å². The average Bonchev–Trinajstić information content (AvgIpc) is 3.35. The Bertz CT molecular complexity index is 919. The van der Waals surface area contributed by atoms with Gasteiger partial charge in [0.1, 0.15) is 11.7 Å². The molecule has 3 saturated carbocycles. The number of fused-ring (bicyclic) bond motifs is 4. The van der Waals surface area contributed by atoms with E-state index in [1.165, 1.54) is 19.8 Å². The molecule has 0 aromatic rings. The largest absolute Gasteiger partial charge is 0.462 e. The highest BCUT2D eigenvalue weighted by Gasteiger charge is 2.79. The van der Waals surface area contributed by atoms with Crippen molar-refractivity contribution in [2.24, 2.45) is 52.3 Å². The predicted molar refractivity (Wildman–Crippen MR) is 133 cm³/mol. The quantitative estimate of drug-likeness (QED) is 0.276. The molecule has 11 atom stereocenters. The van der Waals surface area contributed by atoms with E-state index in [0.29, 0.717) is 35.5 Å². The number of esters is 1. The summed E-state index contributed by atoms with van der Waals surface area (Å²) in [5.74, 6) is 3.15. The molecule has 0 radical (unpaired) electrons. The number of hydrogen-bond acceptors (Lipinski definition) is 4. The molecule has 1 heterocycles. The van der Waals surface area contributed by atoms with Crippen molar-refractivity contribution in [1.82, 2.24) is 0 Å². The molecule has 5 rings (SSSR count). The van der Waals surface area contributed by atoms with Gasteiger partial charge < -0.3 is 9.47 Å². The summed E-state index contributed by atoms with van der Waals surface area (Å²) in [6.45, 7) is 15.3. The number of epoxide rings is 1. The summed E-state index contributed by atoms with van der Waals surface area (Å²) in [4.78, 5) is 25.8. The number of rotatable bonds is 5. The number of ketones is 1. The molecule has 0 aromatic carbocycles. The van der Waals surface area contributed by atoms with E-state index in [0.717, 1.165) is 19.3 Å². The molecule has 0 N–H and O–H groups in total.